The molecule has 2 aromatic heterocycles. The van der Waals surface area contributed by atoms with Gasteiger partial charge in [0.05, 0.1) is 18.5 Å². The van der Waals surface area contributed by atoms with Crippen LogP contribution in [0.5, 0.6) is 5.75 Å². The number of aromatic nitrogens is 2. The van der Waals surface area contributed by atoms with Crippen LogP contribution in [0.1, 0.15) is 16.2 Å². The van der Waals surface area contributed by atoms with Gasteiger partial charge in [-0.2, -0.15) is 9.78 Å². The lowest BCUT2D eigenvalue weighted by molar-refractivity contribution is 0.0938. The third-order valence-corrected chi connectivity index (χ3v) is 3.73. The highest BCUT2D eigenvalue weighted by Crippen LogP contribution is 2.15. The van der Waals surface area contributed by atoms with E-state index in [0.717, 1.165) is 15.2 Å². The lowest BCUT2D eigenvalue weighted by atomic mass is 10.3. The number of hydrogen-bond acceptors (Lipinski definition) is 5. The average Bonchev–Trinajstić information content (AvgIpc) is 3.07. The molecule has 122 valence electrons. The van der Waals surface area contributed by atoms with Crippen molar-refractivity contribution < 1.29 is 14.3 Å². The first kappa shape index (κ1) is 16.0. The number of aromatic hydroxyl groups is 1. The normalized spacial score (nSPS) is 10.5. The molecule has 0 aliphatic rings. The molecule has 0 spiro atoms. The summed E-state index contributed by atoms with van der Waals surface area (Å²) in [5.41, 5.74) is -0.315. The molecule has 0 unspecified atom stereocenters. The molecule has 0 aliphatic heterocycles. The van der Waals surface area contributed by atoms with Gasteiger partial charge in [-0.3, -0.25) is 9.59 Å². The van der Waals surface area contributed by atoms with Crippen molar-refractivity contribution in [2.24, 2.45) is 0 Å². The van der Waals surface area contributed by atoms with Crippen molar-refractivity contribution in [1.82, 2.24) is 15.1 Å². The lowest BCUT2D eigenvalue weighted by Gasteiger charge is -2.09. The molecule has 3 aromatic rings. The predicted octanol–water partition coefficient (Wildman–Crippen LogP) is 2.22. The summed E-state index contributed by atoms with van der Waals surface area (Å²) in [6.07, 6.45) is 1.49. The van der Waals surface area contributed by atoms with E-state index in [4.69, 9.17) is 4.42 Å². The van der Waals surface area contributed by atoms with Gasteiger partial charge in [0.2, 0.25) is 0 Å². The molecule has 8 heteroatoms. The van der Waals surface area contributed by atoms with Gasteiger partial charge >= 0.3 is 0 Å². The Morgan fingerprint density at radius 1 is 1.29 bits per heavy atom. The molecule has 0 bridgehead atoms. The number of halogens is 1. The standard InChI is InChI=1S/C16H12BrN3O4/c17-10-3-5-11(6-4-10)20-14(22)8-13(21)15(19-20)16(23)18-9-12-2-1-7-24-12/h1-8,21H,9H2,(H,18,23). The predicted molar refractivity (Wildman–Crippen MR) is 89.1 cm³/mol. The van der Waals surface area contributed by atoms with E-state index < -0.39 is 17.2 Å². The highest BCUT2D eigenvalue weighted by molar-refractivity contribution is 9.10. The number of benzene rings is 1. The van der Waals surface area contributed by atoms with Crippen molar-refractivity contribution in [3.63, 3.8) is 0 Å². The fourth-order valence-electron chi connectivity index (χ4n) is 2.04. The van der Waals surface area contributed by atoms with Crippen LogP contribution in [0.4, 0.5) is 0 Å². The van der Waals surface area contributed by atoms with Crippen LogP contribution in [0, 0.1) is 0 Å². The number of carbonyl (C=O) groups is 1. The molecule has 0 radical (unpaired) electrons. The molecule has 2 heterocycles. The van der Waals surface area contributed by atoms with Crippen molar-refractivity contribution in [3.05, 3.63) is 75.0 Å². The summed E-state index contributed by atoms with van der Waals surface area (Å²) < 4.78 is 7.01. The summed E-state index contributed by atoms with van der Waals surface area (Å²) >= 11 is 3.30. The van der Waals surface area contributed by atoms with Gasteiger partial charge in [-0.25, -0.2) is 0 Å². The summed E-state index contributed by atoms with van der Waals surface area (Å²) in [4.78, 5) is 24.2. The molecule has 0 saturated heterocycles. The summed E-state index contributed by atoms with van der Waals surface area (Å²) in [7, 11) is 0. The molecule has 0 fully saturated rings. The number of nitrogens with zero attached hydrogens (tertiary/aromatic N) is 2. The first-order valence-corrected chi connectivity index (χ1v) is 7.74. The van der Waals surface area contributed by atoms with Gasteiger partial charge in [0, 0.05) is 10.5 Å². The van der Waals surface area contributed by atoms with Crippen molar-refractivity contribution in [2.45, 2.75) is 6.54 Å². The Morgan fingerprint density at radius 3 is 2.71 bits per heavy atom. The number of rotatable bonds is 4. The second kappa shape index (κ2) is 6.71. The van der Waals surface area contributed by atoms with E-state index in [9.17, 15) is 14.7 Å². The van der Waals surface area contributed by atoms with Crippen molar-refractivity contribution in [1.29, 1.82) is 0 Å². The van der Waals surface area contributed by atoms with Crippen LogP contribution >= 0.6 is 15.9 Å². The fraction of sp³-hybridized carbons (Fsp3) is 0.0625. The highest BCUT2D eigenvalue weighted by Gasteiger charge is 2.17. The van der Waals surface area contributed by atoms with E-state index in [1.54, 1.807) is 36.4 Å². The molecular formula is C16H12BrN3O4. The van der Waals surface area contributed by atoms with Crippen molar-refractivity contribution in [2.75, 3.05) is 0 Å². The zero-order valence-electron chi connectivity index (χ0n) is 12.3. The van der Waals surface area contributed by atoms with Gasteiger partial charge in [-0.1, -0.05) is 15.9 Å². The second-order valence-electron chi connectivity index (χ2n) is 4.87. The Balaban J connectivity index is 1.90. The van der Waals surface area contributed by atoms with Crippen LogP contribution in [-0.2, 0) is 6.54 Å². The summed E-state index contributed by atoms with van der Waals surface area (Å²) in [6.45, 7) is 0.143. The molecule has 0 aliphatic carbocycles. The van der Waals surface area contributed by atoms with Gasteiger partial charge in [-0.15, -0.1) is 0 Å². The first-order chi connectivity index (χ1) is 11.5. The molecule has 2 N–H and O–H groups in total. The molecule has 0 atom stereocenters. The summed E-state index contributed by atoms with van der Waals surface area (Å²) in [5.74, 6) is -0.538. The van der Waals surface area contributed by atoms with Gasteiger partial charge in [0.25, 0.3) is 11.5 Å². The van der Waals surface area contributed by atoms with Crippen LogP contribution in [0.3, 0.4) is 0 Å². The van der Waals surface area contributed by atoms with E-state index in [1.807, 2.05) is 0 Å². The molecule has 3 rings (SSSR count). The largest absolute Gasteiger partial charge is 0.505 e. The Kier molecular flexibility index (Phi) is 4.48. The molecule has 24 heavy (non-hydrogen) atoms. The minimum atomic E-state index is -0.616. The first-order valence-electron chi connectivity index (χ1n) is 6.94. The zero-order chi connectivity index (χ0) is 17.1. The second-order valence-corrected chi connectivity index (χ2v) is 5.78. The van der Waals surface area contributed by atoms with Gasteiger partial charge in [0.15, 0.2) is 11.4 Å². The van der Waals surface area contributed by atoms with E-state index in [0.29, 0.717) is 11.4 Å². The van der Waals surface area contributed by atoms with Gasteiger partial charge in [0.1, 0.15) is 5.76 Å². The van der Waals surface area contributed by atoms with Crippen LogP contribution in [0.25, 0.3) is 5.69 Å². The molecule has 7 nitrogen and oxygen atoms in total. The van der Waals surface area contributed by atoms with Crippen LogP contribution in [0.2, 0.25) is 0 Å². The SMILES string of the molecule is O=C(NCc1ccco1)c1nn(-c2ccc(Br)cc2)c(=O)cc1O. The fourth-order valence-corrected chi connectivity index (χ4v) is 2.30. The Labute approximate surface area is 144 Å². The highest BCUT2D eigenvalue weighted by atomic mass is 79.9. The van der Waals surface area contributed by atoms with Crippen LogP contribution < -0.4 is 10.9 Å². The number of furan rings is 1. The van der Waals surface area contributed by atoms with Crippen molar-refractivity contribution >= 4 is 21.8 Å². The topological polar surface area (TPSA) is 97.4 Å². The van der Waals surface area contributed by atoms with Gasteiger partial charge < -0.3 is 14.8 Å². The number of hydrogen-bond donors (Lipinski definition) is 2. The number of amides is 1. The smallest absolute Gasteiger partial charge is 0.275 e. The minimum absolute atomic E-state index is 0.143. The Bertz CT molecular complexity index is 917. The zero-order valence-corrected chi connectivity index (χ0v) is 13.9. The maximum Gasteiger partial charge on any atom is 0.275 e. The molecule has 1 aromatic carbocycles. The van der Waals surface area contributed by atoms with Gasteiger partial charge in [-0.05, 0) is 36.4 Å². The summed E-state index contributed by atoms with van der Waals surface area (Å²) in [5, 5.41) is 16.4. The average molecular weight is 390 g/mol. The Hall–Kier alpha value is -2.87. The number of carbonyl (C=O) groups excluding carboxylic acids is 1. The third kappa shape index (κ3) is 3.38. The lowest BCUT2D eigenvalue weighted by Crippen LogP contribution is -2.28. The van der Waals surface area contributed by atoms with E-state index >= 15 is 0 Å². The minimum Gasteiger partial charge on any atom is -0.505 e. The quantitative estimate of drug-likeness (QED) is 0.712. The van der Waals surface area contributed by atoms with Crippen LogP contribution in [-0.4, -0.2) is 20.8 Å². The van der Waals surface area contributed by atoms with E-state index in [-0.39, 0.29) is 12.2 Å². The number of nitrogens with one attached hydrogen (secondary N) is 1. The maximum absolute atomic E-state index is 12.2. The van der Waals surface area contributed by atoms with E-state index in [1.165, 1.54) is 6.26 Å². The third-order valence-electron chi connectivity index (χ3n) is 3.20. The van der Waals surface area contributed by atoms with Crippen molar-refractivity contribution in [3.8, 4) is 11.4 Å². The summed E-state index contributed by atoms with van der Waals surface area (Å²) in [6, 6.07) is 11.2. The monoisotopic (exact) mass is 389 g/mol. The van der Waals surface area contributed by atoms with Crippen LogP contribution in [0.15, 0.2) is 62.4 Å². The van der Waals surface area contributed by atoms with E-state index in [2.05, 4.69) is 26.3 Å². The Morgan fingerprint density at radius 2 is 2.04 bits per heavy atom. The molecular weight excluding hydrogens is 378 g/mol. The molecule has 0 saturated carbocycles. The maximum atomic E-state index is 12.2. The molecule has 1 amide bonds.